The largest absolute Gasteiger partial charge is 0.497 e. The van der Waals surface area contributed by atoms with Gasteiger partial charge in [0.05, 0.1) is 12.8 Å². The maximum absolute atomic E-state index is 5.30. The molecule has 0 N–H and O–H groups in total. The van der Waals surface area contributed by atoms with E-state index in [1.54, 1.807) is 12.2 Å². The zero-order chi connectivity index (χ0) is 8.55. The molecule has 0 radical (unpaired) electrons. The van der Waals surface area contributed by atoms with Crippen molar-refractivity contribution in [1.29, 1.82) is 0 Å². The predicted molar refractivity (Wildman–Crippen MR) is 46.2 cm³/mol. The maximum atomic E-state index is 5.30. The molecule has 2 rings (SSSR count). The number of methoxy groups -OCH3 is 1. The molecule has 0 spiro atoms. The number of rotatable bonds is 1. The summed E-state index contributed by atoms with van der Waals surface area (Å²) in [6, 6.07) is 5.93. The van der Waals surface area contributed by atoms with Crippen molar-refractivity contribution in [1.82, 2.24) is 0 Å². The van der Waals surface area contributed by atoms with E-state index in [4.69, 9.17) is 9.57 Å². The second-order valence-corrected chi connectivity index (χ2v) is 2.77. The van der Waals surface area contributed by atoms with Crippen LogP contribution in [0.3, 0.4) is 0 Å². The molecule has 64 valence electrons. The lowest BCUT2D eigenvalue weighted by Crippen LogP contribution is -2.09. The van der Waals surface area contributed by atoms with Crippen LogP contribution in [0.5, 0.6) is 5.75 Å². The first-order valence-electron chi connectivity index (χ1n) is 3.85. The van der Waals surface area contributed by atoms with Crippen molar-refractivity contribution in [3.63, 3.8) is 0 Å². The van der Waals surface area contributed by atoms with Gasteiger partial charge in [0.1, 0.15) is 12.4 Å². The Bertz CT molecular complexity index is 299. The summed E-state index contributed by atoms with van der Waals surface area (Å²) in [4.78, 5) is 5.30. The fourth-order valence-corrected chi connectivity index (χ4v) is 1.35. The smallest absolute Gasteiger partial charge is 0.119 e. The summed E-state index contributed by atoms with van der Waals surface area (Å²) in [6.07, 6.45) is 0. The molecule has 3 nitrogen and oxygen atoms in total. The standard InChI is InChI=1S/C9H11NO2/c1-10-9-4-3-8(11-2)5-7(9)6-12-10/h3-5H,6H2,1-2H3. The zero-order valence-electron chi connectivity index (χ0n) is 7.20. The fraction of sp³-hybridized carbons (Fsp3) is 0.333. The van der Waals surface area contributed by atoms with Crippen LogP contribution >= 0.6 is 0 Å². The first-order valence-corrected chi connectivity index (χ1v) is 3.85. The van der Waals surface area contributed by atoms with Crippen LogP contribution in [0.25, 0.3) is 0 Å². The molecule has 0 aromatic heterocycles. The molecule has 0 fully saturated rings. The first kappa shape index (κ1) is 7.43. The lowest BCUT2D eigenvalue weighted by Gasteiger charge is -2.09. The molecule has 0 saturated carbocycles. The minimum absolute atomic E-state index is 0.642. The highest BCUT2D eigenvalue weighted by atomic mass is 16.7. The van der Waals surface area contributed by atoms with E-state index in [1.807, 2.05) is 25.2 Å². The van der Waals surface area contributed by atoms with Crippen LogP contribution in [0.4, 0.5) is 5.69 Å². The minimum atomic E-state index is 0.642. The van der Waals surface area contributed by atoms with E-state index >= 15 is 0 Å². The molecule has 1 aliphatic rings. The Morgan fingerprint density at radius 1 is 1.50 bits per heavy atom. The second-order valence-electron chi connectivity index (χ2n) is 2.77. The van der Waals surface area contributed by atoms with Crippen molar-refractivity contribution in [2.45, 2.75) is 6.61 Å². The molecule has 0 unspecified atom stereocenters. The van der Waals surface area contributed by atoms with Gasteiger partial charge < -0.3 is 4.74 Å². The third kappa shape index (κ3) is 1.02. The van der Waals surface area contributed by atoms with Gasteiger partial charge in [0, 0.05) is 12.6 Å². The highest BCUT2D eigenvalue weighted by Gasteiger charge is 2.16. The zero-order valence-corrected chi connectivity index (χ0v) is 7.20. The number of benzene rings is 1. The molecular weight excluding hydrogens is 154 g/mol. The predicted octanol–water partition coefficient (Wildman–Crippen LogP) is 1.58. The van der Waals surface area contributed by atoms with Crippen LogP contribution in [0.15, 0.2) is 18.2 Å². The summed E-state index contributed by atoms with van der Waals surface area (Å²) < 4.78 is 5.10. The van der Waals surface area contributed by atoms with Gasteiger partial charge in [-0.1, -0.05) is 0 Å². The molecule has 1 heterocycles. The van der Waals surface area contributed by atoms with Gasteiger partial charge in [0.2, 0.25) is 0 Å². The van der Waals surface area contributed by atoms with Gasteiger partial charge in [-0.15, -0.1) is 0 Å². The van der Waals surface area contributed by atoms with Crippen molar-refractivity contribution in [2.75, 3.05) is 19.2 Å². The fourth-order valence-electron chi connectivity index (χ4n) is 1.35. The van der Waals surface area contributed by atoms with Crippen molar-refractivity contribution in [3.05, 3.63) is 23.8 Å². The Morgan fingerprint density at radius 3 is 3.08 bits per heavy atom. The number of hydroxylamine groups is 1. The Morgan fingerprint density at radius 2 is 2.33 bits per heavy atom. The third-order valence-electron chi connectivity index (χ3n) is 2.04. The van der Waals surface area contributed by atoms with Crippen LogP contribution in [0.1, 0.15) is 5.56 Å². The van der Waals surface area contributed by atoms with Crippen molar-refractivity contribution >= 4 is 5.69 Å². The Kier molecular flexibility index (Phi) is 1.66. The number of hydrogen-bond donors (Lipinski definition) is 0. The number of nitrogens with zero attached hydrogens (tertiary/aromatic N) is 1. The van der Waals surface area contributed by atoms with E-state index in [0.29, 0.717) is 6.61 Å². The molecule has 1 aliphatic heterocycles. The second kappa shape index (κ2) is 2.68. The molecule has 12 heavy (non-hydrogen) atoms. The molecule has 0 bridgehead atoms. The van der Waals surface area contributed by atoms with E-state index in [0.717, 1.165) is 11.4 Å². The van der Waals surface area contributed by atoms with E-state index in [-0.39, 0.29) is 0 Å². The molecule has 0 atom stereocenters. The average Bonchev–Trinajstić information content (AvgIpc) is 2.47. The summed E-state index contributed by atoms with van der Waals surface area (Å²) >= 11 is 0. The molecule has 0 aliphatic carbocycles. The van der Waals surface area contributed by atoms with E-state index < -0.39 is 0 Å². The topological polar surface area (TPSA) is 21.7 Å². The highest BCUT2D eigenvalue weighted by molar-refractivity contribution is 5.56. The number of anilines is 1. The van der Waals surface area contributed by atoms with E-state index in [2.05, 4.69) is 0 Å². The number of fused-ring (bicyclic) bond motifs is 1. The van der Waals surface area contributed by atoms with Crippen LogP contribution in [-0.2, 0) is 11.4 Å². The molecule has 1 aromatic rings. The Balaban J connectivity index is 2.41. The monoisotopic (exact) mass is 165 g/mol. The van der Waals surface area contributed by atoms with E-state index in [1.165, 1.54) is 5.56 Å². The van der Waals surface area contributed by atoms with Gasteiger partial charge in [-0.2, -0.15) is 0 Å². The maximum Gasteiger partial charge on any atom is 0.119 e. The Labute approximate surface area is 71.5 Å². The summed E-state index contributed by atoms with van der Waals surface area (Å²) in [5.74, 6) is 0.882. The first-order chi connectivity index (χ1) is 5.81. The average molecular weight is 165 g/mol. The number of hydrogen-bond acceptors (Lipinski definition) is 3. The lowest BCUT2D eigenvalue weighted by molar-refractivity contribution is 0.131. The Hall–Kier alpha value is -1.22. The van der Waals surface area contributed by atoms with Crippen LogP contribution in [-0.4, -0.2) is 14.2 Å². The normalized spacial score (nSPS) is 14.7. The molecule has 0 amide bonds. The van der Waals surface area contributed by atoms with Crippen molar-refractivity contribution < 1.29 is 9.57 Å². The van der Waals surface area contributed by atoms with Crippen molar-refractivity contribution in [2.24, 2.45) is 0 Å². The summed E-state index contributed by atoms with van der Waals surface area (Å²) in [5, 5.41) is 1.77. The summed E-state index contributed by atoms with van der Waals surface area (Å²) in [7, 11) is 3.57. The summed E-state index contributed by atoms with van der Waals surface area (Å²) in [6.45, 7) is 0.642. The molecular formula is C9H11NO2. The SMILES string of the molecule is COc1ccc2c(c1)CON2C. The third-order valence-corrected chi connectivity index (χ3v) is 2.04. The van der Waals surface area contributed by atoms with E-state index in [9.17, 15) is 0 Å². The molecule has 3 heteroatoms. The van der Waals surface area contributed by atoms with Gasteiger partial charge in [0.15, 0.2) is 0 Å². The quantitative estimate of drug-likeness (QED) is 0.630. The van der Waals surface area contributed by atoms with Gasteiger partial charge >= 0.3 is 0 Å². The van der Waals surface area contributed by atoms with Crippen LogP contribution < -0.4 is 9.80 Å². The lowest BCUT2D eigenvalue weighted by atomic mass is 10.2. The van der Waals surface area contributed by atoms with Gasteiger partial charge in [-0.05, 0) is 18.2 Å². The van der Waals surface area contributed by atoms with Gasteiger partial charge in [-0.25, -0.2) is 0 Å². The highest BCUT2D eigenvalue weighted by Crippen LogP contribution is 2.30. The summed E-state index contributed by atoms with van der Waals surface area (Å²) in [5.41, 5.74) is 2.30. The van der Waals surface area contributed by atoms with Crippen molar-refractivity contribution in [3.8, 4) is 5.75 Å². The van der Waals surface area contributed by atoms with Gasteiger partial charge in [-0.3, -0.25) is 9.90 Å². The van der Waals surface area contributed by atoms with Crippen LogP contribution in [0, 0.1) is 0 Å². The number of ether oxygens (including phenoxy) is 1. The minimum Gasteiger partial charge on any atom is -0.497 e. The molecule has 0 saturated heterocycles. The van der Waals surface area contributed by atoms with Gasteiger partial charge in [0.25, 0.3) is 0 Å². The van der Waals surface area contributed by atoms with Crippen LogP contribution in [0.2, 0.25) is 0 Å². The molecule has 1 aromatic carbocycles.